The molecular weight excluding hydrogens is 336 g/mol. The zero-order valence-corrected chi connectivity index (χ0v) is 12.5. The van der Waals surface area contributed by atoms with Crippen LogP contribution < -0.4 is 0 Å². The molecule has 0 radical (unpaired) electrons. The first kappa shape index (κ1) is 21.6. The second kappa shape index (κ2) is 9.28. The molecule has 2 fully saturated rings. The fourth-order valence-corrected chi connectivity index (χ4v) is 2.16. The third-order valence-electron chi connectivity index (χ3n) is 3.73. The van der Waals surface area contributed by atoms with Crippen molar-refractivity contribution in [1.82, 2.24) is 0 Å². The minimum absolute atomic E-state index is 0.526. The molecule has 0 amide bonds. The van der Waals surface area contributed by atoms with E-state index < -0.39 is 74.6 Å². The maximum absolute atomic E-state index is 9.12. The molecule has 2 aliphatic rings. The maximum Gasteiger partial charge on any atom is 0.184 e. The molecule has 2 heterocycles. The van der Waals surface area contributed by atoms with Gasteiger partial charge in [0.1, 0.15) is 48.8 Å². The molecular formula is C12H24O12. The molecule has 24 heavy (non-hydrogen) atoms. The first-order chi connectivity index (χ1) is 11.1. The molecule has 0 saturated carbocycles. The molecule has 144 valence electrons. The SMILES string of the molecule is OC[C@H]1OC(O)[C@H](O)[C@@H](O)[C@H]1O.OC[C@H]1O[C@H](O)[C@H](O)[C@@H](O)[C@H]1O. The minimum atomic E-state index is -1.57. The summed E-state index contributed by atoms with van der Waals surface area (Å²) in [7, 11) is 0. The fourth-order valence-electron chi connectivity index (χ4n) is 2.16. The highest BCUT2D eigenvalue weighted by Gasteiger charge is 2.43. The number of hydrogen-bond acceptors (Lipinski definition) is 12. The first-order valence-electron chi connectivity index (χ1n) is 7.12. The maximum atomic E-state index is 9.12. The summed E-state index contributed by atoms with van der Waals surface area (Å²) in [6.45, 7) is -1.05. The van der Waals surface area contributed by atoms with Crippen LogP contribution in [0.3, 0.4) is 0 Å². The average Bonchev–Trinajstić information content (AvgIpc) is 2.58. The lowest BCUT2D eigenvalue weighted by Crippen LogP contribution is -2.58. The number of aliphatic hydroxyl groups is 10. The molecule has 12 heteroatoms. The lowest BCUT2D eigenvalue weighted by Gasteiger charge is -2.37. The van der Waals surface area contributed by atoms with E-state index in [4.69, 9.17) is 51.1 Å². The Balaban J connectivity index is 0.000000240. The molecule has 2 rings (SSSR count). The average molecular weight is 360 g/mol. The van der Waals surface area contributed by atoms with E-state index in [2.05, 4.69) is 9.47 Å². The Bertz CT molecular complexity index is 326. The Morgan fingerprint density at radius 2 is 0.750 bits per heavy atom. The van der Waals surface area contributed by atoms with Gasteiger partial charge in [0.15, 0.2) is 12.6 Å². The smallest absolute Gasteiger partial charge is 0.184 e. The zero-order chi connectivity index (χ0) is 18.6. The van der Waals surface area contributed by atoms with Crippen LogP contribution in [0.1, 0.15) is 0 Å². The predicted molar refractivity (Wildman–Crippen MR) is 72.0 cm³/mol. The molecule has 10 N–H and O–H groups in total. The van der Waals surface area contributed by atoms with Gasteiger partial charge in [0.25, 0.3) is 0 Å². The van der Waals surface area contributed by atoms with Crippen molar-refractivity contribution in [3.63, 3.8) is 0 Å². The quantitative estimate of drug-likeness (QED) is 0.222. The normalized spacial score (nSPS) is 49.2. The topological polar surface area (TPSA) is 221 Å². The van der Waals surface area contributed by atoms with E-state index in [1.165, 1.54) is 0 Å². The highest BCUT2D eigenvalue weighted by atomic mass is 16.6. The Morgan fingerprint density at radius 3 is 1.00 bits per heavy atom. The molecule has 0 aromatic carbocycles. The van der Waals surface area contributed by atoms with E-state index in [1.54, 1.807) is 0 Å². The van der Waals surface area contributed by atoms with E-state index >= 15 is 0 Å². The van der Waals surface area contributed by atoms with Crippen LogP contribution in [-0.2, 0) is 9.47 Å². The van der Waals surface area contributed by atoms with Crippen molar-refractivity contribution >= 4 is 0 Å². The van der Waals surface area contributed by atoms with Gasteiger partial charge in [-0.2, -0.15) is 0 Å². The Hall–Kier alpha value is -0.480. The van der Waals surface area contributed by atoms with Gasteiger partial charge in [-0.3, -0.25) is 0 Å². The van der Waals surface area contributed by atoms with Gasteiger partial charge in [0.2, 0.25) is 0 Å². The van der Waals surface area contributed by atoms with E-state index in [1.807, 2.05) is 0 Å². The summed E-state index contributed by atoms with van der Waals surface area (Å²) in [6, 6.07) is 0. The van der Waals surface area contributed by atoms with Crippen molar-refractivity contribution in [3.05, 3.63) is 0 Å². The third-order valence-corrected chi connectivity index (χ3v) is 3.73. The summed E-state index contributed by atoms with van der Waals surface area (Å²) < 4.78 is 9.15. The molecule has 0 aromatic rings. The van der Waals surface area contributed by atoms with Crippen LogP contribution in [0.25, 0.3) is 0 Å². The van der Waals surface area contributed by atoms with Gasteiger partial charge in [0, 0.05) is 0 Å². The summed E-state index contributed by atoms with van der Waals surface area (Å²) in [4.78, 5) is 0. The largest absolute Gasteiger partial charge is 0.394 e. The van der Waals surface area contributed by atoms with Gasteiger partial charge >= 0.3 is 0 Å². The molecule has 0 spiro atoms. The fraction of sp³-hybridized carbons (Fsp3) is 1.00. The van der Waals surface area contributed by atoms with E-state index in [0.29, 0.717) is 0 Å². The van der Waals surface area contributed by atoms with Gasteiger partial charge in [-0.25, -0.2) is 0 Å². The highest BCUT2D eigenvalue weighted by Crippen LogP contribution is 2.19. The van der Waals surface area contributed by atoms with Crippen LogP contribution in [0, 0.1) is 0 Å². The highest BCUT2D eigenvalue weighted by molar-refractivity contribution is 4.88. The van der Waals surface area contributed by atoms with Crippen molar-refractivity contribution in [2.24, 2.45) is 0 Å². The Labute approximate surface area is 136 Å². The molecule has 10 atom stereocenters. The van der Waals surface area contributed by atoms with Crippen LogP contribution in [0.15, 0.2) is 0 Å². The molecule has 1 unspecified atom stereocenters. The van der Waals surface area contributed by atoms with E-state index in [9.17, 15) is 0 Å². The lowest BCUT2D eigenvalue weighted by molar-refractivity contribution is -0.286. The molecule has 2 aliphatic heterocycles. The van der Waals surface area contributed by atoms with Crippen molar-refractivity contribution in [3.8, 4) is 0 Å². The Morgan fingerprint density at radius 1 is 0.458 bits per heavy atom. The number of hydrogen-bond donors (Lipinski definition) is 10. The van der Waals surface area contributed by atoms with Crippen molar-refractivity contribution in [2.45, 2.75) is 61.4 Å². The van der Waals surface area contributed by atoms with Gasteiger partial charge in [-0.15, -0.1) is 0 Å². The second-order valence-electron chi connectivity index (χ2n) is 5.44. The lowest BCUT2D eigenvalue weighted by atomic mass is 10.00. The summed E-state index contributed by atoms with van der Waals surface area (Å²) in [5.74, 6) is 0. The summed E-state index contributed by atoms with van der Waals surface area (Å²) in [5.41, 5.74) is 0. The van der Waals surface area contributed by atoms with Crippen LogP contribution in [0.4, 0.5) is 0 Å². The number of aliphatic hydroxyl groups excluding tert-OH is 10. The van der Waals surface area contributed by atoms with Crippen LogP contribution in [0.5, 0.6) is 0 Å². The number of rotatable bonds is 2. The van der Waals surface area contributed by atoms with E-state index in [-0.39, 0.29) is 0 Å². The first-order valence-corrected chi connectivity index (χ1v) is 7.12. The second-order valence-corrected chi connectivity index (χ2v) is 5.44. The standard InChI is InChI=1S/2C6H12O6/c2*7-1-2-3(8)4(9)5(10)6(11)12-2/h2*2-11H,1H2/t2-,3+,4+,5-,6?;2-,3+,4+,5-,6+/m11/s1. The predicted octanol–water partition coefficient (Wildman–Crippen LogP) is -6.44. The van der Waals surface area contributed by atoms with Gasteiger partial charge in [0.05, 0.1) is 13.2 Å². The summed E-state index contributed by atoms with van der Waals surface area (Å²) in [6.07, 6.45) is -14.1. The molecule has 2 saturated heterocycles. The summed E-state index contributed by atoms with van der Waals surface area (Å²) in [5, 5.41) is 89.3. The van der Waals surface area contributed by atoms with Crippen molar-refractivity contribution < 1.29 is 60.5 Å². The molecule has 0 bridgehead atoms. The molecule has 0 aliphatic carbocycles. The van der Waals surface area contributed by atoms with E-state index in [0.717, 1.165) is 0 Å². The summed E-state index contributed by atoms with van der Waals surface area (Å²) >= 11 is 0. The minimum Gasteiger partial charge on any atom is -0.394 e. The van der Waals surface area contributed by atoms with Crippen LogP contribution in [0.2, 0.25) is 0 Å². The molecule has 0 aromatic heterocycles. The van der Waals surface area contributed by atoms with Crippen molar-refractivity contribution in [1.29, 1.82) is 0 Å². The van der Waals surface area contributed by atoms with Crippen LogP contribution in [-0.4, -0.2) is 126 Å². The Kier molecular flexibility index (Phi) is 8.34. The monoisotopic (exact) mass is 360 g/mol. The van der Waals surface area contributed by atoms with Crippen LogP contribution >= 0.6 is 0 Å². The molecule has 12 nitrogen and oxygen atoms in total. The number of ether oxygens (including phenoxy) is 2. The zero-order valence-electron chi connectivity index (χ0n) is 12.5. The third kappa shape index (κ3) is 4.78. The van der Waals surface area contributed by atoms with Gasteiger partial charge in [-0.05, 0) is 0 Å². The van der Waals surface area contributed by atoms with Gasteiger partial charge < -0.3 is 60.5 Å². The van der Waals surface area contributed by atoms with Gasteiger partial charge in [-0.1, -0.05) is 0 Å². The van der Waals surface area contributed by atoms with Crippen molar-refractivity contribution in [2.75, 3.05) is 13.2 Å².